The van der Waals surface area contributed by atoms with Crippen molar-refractivity contribution in [2.75, 3.05) is 0 Å². The molecule has 0 atom stereocenters. The molecule has 4 nitrogen and oxygen atoms in total. The molecule has 0 radical (unpaired) electrons. The molecule has 0 N–H and O–H groups in total. The summed E-state index contributed by atoms with van der Waals surface area (Å²) in [5.41, 5.74) is 2.19. The summed E-state index contributed by atoms with van der Waals surface area (Å²) < 4.78 is 3.14. The smallest absolute Gasteiger partial charge is 0.192 e. The molecule has 116 valence electrons. The zero-order valence-corrected chi connectivity index (χ0v) is 14.8. The summed E-state index contributed by atoms with van der Waals surface area (Å²) in [6.07, 6.45) is 5.40. The number of nitrogens with zero attached hydrogens (tertiary/aromatic N) is 4. The third kappa shape index (κ3) is 3.89. The van der Waals surface area contributed by atoms with Gasteiger partial charge in [-0.1, -0.05) is 45.9 Å². The molecule has 1 aromatic carbocycles. The van der Waals surface area contributed by atoms with Crippen molar-refractivity contribution in [1.82, 2.24) is 19.7 Å². The SMILES string of the molecule is C=CCn1c(SCc2cccc(Br)c2)nnc1-c1cccnc1. The molecule has 23 heavy (non-hydrogen) atoms. The zero-order chi connectivity index (χ0) is 16.1. The van der Waals surface area contributed by atoms with Crippen molar-refractivity contribution in [3.63, 3.8) is 0 Å². The van der Waals surface area contributed by atoms with E-state index in [0.29, 0.717) is 6.54 Å². The molecule has 2 heterocycles. The minimum atomic E-state index is 0.665. The summed E-state index contributed by atoms with van der Waals surface area (Å²) >= 11 is 5.16. The number of thioether (sulfide) groups is 1. The van der Waals surface area contributed by atoms with E-state index >= 15 is 0 Å². The van der Waals surface area contributed by atoms with Crippen LogP contribution in [-0.2, 0) is 12.3 Å². The van der Waals surface area contributed by atoms with Crippen LogP contribution < -0.4 is 0 Å². The van der Waals surface area contributed by atoms with Gasteiger partial charge in [-0.2, -0.15) is 0 Å². The van der Waals surface area contributed by atoms with Gasteiger partial charge in [0.1, 0.15) is 0 Å². The highest BCUT2D eigenvalue weighted by Gasteiger charge is 2.13. The van der Waals surface area contributed by atoms with E-state index < -0.39 is 0 Å². The van der Waals surface area contributed by atoms with Gasteiger partial charge >= 0.3 is 0 Å². The lowest BCUT2D eigenvalue weighted by Gasteiger charge is -2.07. The molecule has 6 heteroatoms. The summed E-state index contributed by atoms with van der Waals surface area (Å²) in [6.45, 7) is 4.50. The molecule has 0 saturated heterocycles. The summed E-state index contributed by atoms with van der Waals surface area (Å²) in [5.74, 6) is 1.65. The van der Waals surface area contributed by atoms with Crippen molar-refractivity contribution >= 4 is 27.7 Å². The fourth-order valence-corrected chi connectivity index (χ4v) is 3.51. The predicted octanol–water partition coefficient (Wildman–Crippen LogP) is 4.58. The zero-order valence-electron chi connectivity index (χ0n) is 12.4. The Labute approximate surface area is 147 Å². The maximum atomic E-state index is 4.34. The Kier molecular flexibility index (Phi) is 5.25. The molecule has 0 aliphatic rings. The van der Waals surface area contributed by atoms with Gasteiger partial charge in [-0.15, -0.1) is 16.8 Å². The second-order valence-electron chi connectivity index (χ2n) is 4.87. The first-order valence-electron chi connectivity index (χ1n) is 7.09. The number of benzene rings is 1. The fraction of sp³-hybridized carbons (Fsp3) is 0.118. The molecule has 0 amide bonds. The van der Waals surface area contributed by atoms with Gasteiger partial charge in [-0.05, 0) is 29.8 Å². The Morgan fingerprint density at radius 2 is 2.13 bits per heavy atom. The number of hydrogen-bond donors (Lipinski definition) is 0. The summed E-state index contributed by atoms with van der Waals surface area (Å²) in [6, 6.07) is 12.2. The van der Waals surface area contributed by atoms with Crippen LogP contribution in [0.2, 0.25) is 0 Å². The third-order valence-electron chi connectivity index (χ3n) is 3.21. The van der Waals surface area contributed by atoms with Gasteiger partial charge in [0, 0.05) is 34.7 Å². The molecular weight excluding hydrogens is 372 g/mol. The molecule has 3 rings (SSSR count). The van der Waals surface area contributed by atoms with E-state index in [9.17, 15) is 0 Å². The second-order valence-corrected chi connectivity index (χ2v) is 6.72. The number of halogens is 1. The van der Waals surface area contributed by atoms with Gasteiger partial charge in [0.15, 0.2) is 11.0 Å². The van der Waals surface area contributed by atoms with Crippen LogP contribution in [0.25, 0.3) is 11.4 Å². The van der Waals surface area contributed by atoms with E-state index in [1.165, 1.54) is 5.56 Å². The van der Waals surface area contributed by atoms with Gasteiger partial charge in [0.2, 0.25) is 0 Å². The van der Waals surface area contributed by atoms with Crippen molar-refractivity contribution < 1.29 is 0 Å². The van der Waals surface area contributed by atoms with Gasteiger partial charge in [-0.25, -0.2) is 0 Å². The lowest BCUT2D eigenvalue weighted by atomic mass is 10.2. The Morgan fingerprint density at radius 3 is 2.87 bits per heavy atom. The maximum Gasteiger partial charge on any atom is 0.192 e. The normalized spacial score (nSPS) is 10.7. The number of aromatic nitrogens is 4. The van der Waals surface area contributed by atoms with Crippen molar-refractivity contribution in [2.45, 2.75) is 17.5 Å². The molecular formula is C17H15BrN4S. The first-order chi connectivity index (χ1) is 11.3. The first kappa shape index (κ1) is 16.0. The van der Waals surface area contributed by atoms with Gasteiger partial charge in [-0.3, -0.25) is 9.55 Å². The van der Waals surface area contributed by atoms with Gasteiger partial charge in [0.05, 0.1) is 0 Å². The molecule has 0 spiro atoms. The monoisotopic (exact) mass is 386 g/mol. The van der Waals surface area contributed by atoms with E-state index in [1.54, 1.807) is 24.2 Å². The summed E-state index contributed by atoms with van der Waals surface area (Å²) in [5, 5.41) is 9.55. The molecule has 2 aromatic heterocycles. The Morgan fingerprint density at radius 1 is 1.22 bits per heavy atom. The van der Waals surface area contributed by atoms with E-state index in [0.717, 1.165) is 26.8 Å². The van der Waals surface area contributed by atoms with E-state index in [1.807, 2.05) is 30.3 Å². The minimum Gasteiger partial charge on any atom is -0.298 e. The van der Waals surface area contributed by atoms with Crippen molar-refractivity contribution in [3.05, 3.63) is 71.5 Å². The molecule has 0 unspecified atom stereocenters. The average Bonchev–Trinajstić information content (AvgIpc) is 2.97. The molecule has 3 aromatic rings. The van der Waals surface area contributed by atoms with E-state index in [-0.39, 0.29) is 0 Å². The Hall–Kier alpha value is -1.92. The van der Waals surface area contributed by atoms with E-state index in [4.69, 9.17) is 0 Å². The summed E-state index contributed by atoms with van der Waals surface area (Å²) in [4.78, 5) is 4.16. The highest BCUT2D eigenvalue weighted by molar-refractivity contribution is 9.10. The lowest BCUT2D eigenvalue weighted by molar-refractivity contribution is 0.731. The van der Waals surface area contributed by atoms with Crippen LogP contribution in [0.15, 0.2) is 71.1 Å². The first-order valence-corrected chi connectivity index (χ1v) is 8.87. The number of allylic oxidation sites excluding steroid dienone is 1. The van der Waals surface area contributed by atoms with Gasteiger partial charge < -0.3 is 0 Å². The van der Waals surface area contributed by atoms with Crippen LogP contribution in [0.1, 0.15) is 5.56 Å². The standard InChI is InChI=1S/C17H15BrN4S/c1-2-9-22-16(14-6-4-8-19-11-14)20-21-17(22)23-12-13-5-3-7-15(18)10-13/h2-8,10-11H,1,9,12H2. The third-order valence-corrected chi connectivity index (χ3v) is 4.74. The van der Waals surface area contributed by atoms with Crippen LogP contribution in [-0.4, -0.2) is 19.7 Å². The van der Waals surface area contributed by atoms with Crippen LogP contribution >= 0.6 is 27.7 Å². The van der Waals surface area contributed by atoms with Crippen LogP contribution in [0.3, 0.4) is 0 Å². The van der Waals surface area contributed by atoms with Crippen LogP contribution in [0.5, 0.6) is 0 Å². The van der Waals surface area contributed by atoms with Crippen molar-refractivity contribution in [2.24, 2.45) is 0 Å². The number of pyridine rings is 1. The van der Waals surface area contributed by atoms with Crippen LogP contribution in [0.4, 0.5) is 0 Å². The highest BCUT2D eigenvalue weighted by atomic mass is 79.9. The number of rotatable bonds is 6. The molecule has 0 bridgehead atoms. The number of hydrogen-bond acceptors (Lipinski definition) is 4. The maximum absolute atomic E-state index is 4.34. The molecule has 0 aliphatic carbocycles. The minimum absolute atomic E-state index is 0.665. The predicted molar refractivity (Wildman–Crippen MR) is 97.2 cm³/mol. The molecule has 0 fully saturated rings. The largest absolute Gasteiger partial charge is 0.298 e. The topological polar surface area (TPSA) is 43.6 Å². The second kappa shape index (κ2) is 7.57. The van der Waals surface area contributed by atoms with Crippen LogP contribution in [0, 0.1) is 0 Å². The molecule has 0 aliphatic heterocycles. The highest BCUT2D eigenvalue weighted by Crippen LogP contribution is 2.26. The average molecular weight is 387 g/mol. The Balaban J connectivity index is 1.85. The molecule has 0 saturated carbocycles. The van der Waals surface area contributed by atoms with E-state index in [2.05, 4.69) is 54.4 Å². The quantitative estimate of drug-likeness (QED) is 0.459. The van der Waals surface area contributed by atoms with Crippen molar-refractivity contribution in [1.29, 1.82) is 0 Å². The van der Waals surface area contributed by atoms with Gasteiger partial charge in [0.25, 0.3) is 0 Å². The van der Waals surface area contributed by atoms with Crippen molar-refractivity contribution in [3.8, 4) is 11.4 Å². The lowest BCUT2D eigenvalue weighted by Crippen LogP contribution is -2.00. The fourth-order valence-electron chi connectivity index (χ4n) is 2.17. The summed E-state index contributed by atoms with van der Waals surface area (Å²) in [7, 11) is 0. The Bertz CT molecular complexity index is 801.